The van der Waals surface area contributed by atoms with E-state index in [9.17, 15) is 8.42 Å². The minimum Gasteiger partial charge on any atom is -0.329 e. The summed E-state index contributed by atoms with van der Waals surface area (Å²) in [5, 5.41) is 0. The van der Waals surface area contributed by atoms with Gasteiger partial charge < -0.3 is 5.73 Å². The molecule has 0 bridgehead atoms. The first-order valence-electron chi connectivity index (χ1n) is 5.95. The molecule has 0 aliphatic carbocycles. The summed E-state index contributed by atoms with van der Waals surface area (Å²) in [7, 11) is -2.87. The van der Waals surface area contributed by atoms with Crippen molar-refractivity contribution in [2.24, 2.45) is 17.6 Å². The lowest BCUT2D eigenvalue weighted by Gasteiger charge is -2.42. The minimum atomic E-state index is -2.87. The van der Waals surface area contributed by atoms with Gasteiger partial charge in [-0.1, -0.05) is 13.8 Å². The van der Waals surface area contributed by atoms with Gasteiger partial charge in [0.15, 0.2) is 0 Å². The van der Waals surface area contributed by atoms with Gasteiger partial charge in [0.1, 0.15) is 9.84 Å². The standard InChI is InChI=1S/C11H24N2O2S/c1-9-6-10(2)11(7-12)13(8-9)4-5-16(3,14)15/h9-11H,4-8,12H2,1-3H3. The molecule has 0 spiro atoms. The van der Waals surface area contributed by atoms with E-state index in [0.717, 1.165) is 6.54 Å². The van der Waals surface area contributed by atoms with Gasteiger partial charge in [-0.3, -0.25) is 4.90 Å². The Hall–Kier alpha value is -0.130. The molecule has 1 aliphatic heterocycles. The highest BCUT2D eigenvalue weighted by Gasteiger charge is 2.30. The third-order valence-corrected chi connectivity index (χ3v) is 4.36. The van der Waals surface area contributed by atoms with Gasteiger partial charge in [0.2, 0.25) is 0 Å². The molecule has 1 rings (SSSR count). The quantitative estimate of drug-likeness (QED) is 0.779. The molecule has 2 N–H and O–H groups in total. The molecule has 1 fully saturated rings. The maximum atomic E-state index is 11.2. The number of hydrogen-bond donors (Lipinski definition) is 1. The van der Waals surface area contributed by atoms with Gasteiger partial charge in [0.25, 0.3) is 0 Å². The lowest BCUT2D eigenvalue weighted by Crippen LogP contribution is -2.52. The highest BCUT2D eigenvalue weighted by Crippen LogP contribution is 2.26. The van der Waals surface area contributed by atoms with Crippen molar-refractivity contribution in [3.05, 3.63) is 0 Å². The number of piperidine rings is 1. The zero-order valence-electron chi connectivity index (χ0n) is 10.5. The van der Waals surface area contributed by atoms with Crippen LogP contribution in [-0.4, -0.2) is 51.0 Å². The summed E-state index contributed by atoms with van der Waals surface area (Å²) in [6.07, 6.45) is 2.48. The molecule has 0 aromatic rings. The van der Waals surface area contributed by atoms with Gasteiger partial charge in [0, 0.05) is 31.9 Å². The SMILES string of the molecule is CC1CC(C)C(CN)N(CCS(C)(=O)=O)C1. The Morgan fingerprint density at radius 1 is 1.38 bits per heavy atom. The number of nitrogens with zero attached hydrogens (tertiary/aromatic N) is 1. The molecule has 1 saturated heterocycles. The second kappa shape index (κ2) is 5.47. The molecule has 16 heavy (non-hydrogen) atoms. The van der Waals surface area contributed by atoms with Crippen LogP contribution < -0.4 is 5.73 Å². The molecule has 3 atom stereocenters. The zero-order chi connectivity index (χ0) is 12.3. The normalized spacial score (nSPS) is 32.9. The second-order valence-electron chi connectivity index (χ2n) is 5.25. The first kappa shape index (κ1) is 13.9. The summed E-state index contributed by atoms with van der Waals surface area (Å²) >= 11 is 0. The highest BCUT2D eigenvalue weighted by atomic mass is 32.2. The van der Waals surface area contributed by atoms with Gasteiger partial charge in [0.05, 0.1) is 5.75 Å². The lowest BCUT2D eigenvalue weighted by molar-refractivity contribution is 0.0796. The fourth-order valence-corrected chi connectivity index (χ4v) is 3.25. The monoisotopic (exact) mass is 248 g/mol. The van der Waals surface area contributed by atoms with Gasteiger partial charge >= 0.3 is 0 Å². The Labute approximate surface area is 99.1 Å². The van der Waals surface area contributed by atoms with E-state index in [1.165, 1.54) is 12.7 Å². The highest BCUT2D eigenvalue weighted by molar-refractivity contribution is 7.90. The molecule has 1 heterocycles. The topological polar surface area (TPSA) is 63.4 Å². The van der Waals surface area contributed by atoms with E-state index in [2.05, 4.69) is 18.7 Å². The van der Waals surface area contributed by atoms with Crippen molar-refractivity contribution in [3.8, 4) is 0 Å². The zero-order valence-corrected chi connectivity index (χ0v) is 11.3. The van der Waals surface area contributed by atoms with Crippen LogP contribution in [0.15, 0.2) is 0 Å². The van der Waals surface area contributed by atoms with E-state index in [4.69, 9.17) is 5.73 Å². The van der Waals surface area contributed by atoms with Crippen LogP contribution in [-0.2, 0) is 9.84 Å². The maximum absolute atomic E-state index is 11.2. The summed E-state index contributed by atoms with van der Waals surface area (Å²) in [6, 6.07) is 0.345. The van der Waals surface area contributed by atoms with Crippen LogP contribution in [0, 0.1) is 11.8 Å². The summed E-state index contributed by atoms with van der Waals surface area (Å²) in [5.74, 6) is 1.44. The van der Waals surface area contributed by atoms with E-state index in [1.54, 1.807) is 0 Å². The first-order chi connectivity index (χ1) is 7.33. The van der Waals surface area contributed by atoms with Crippen LogP contribution in [0.1, 0.15) is 20.3 Å². The smallest absolute Gasteiger partial charge is 0.148 e. The Bertz CT molecular complexity index is 316. The number of sulfone groups is 1. The van der Waals surface area contributed by atoms with Crippen LogP contribution in [0.5, 0.6) is 0 Å². The van der Waals surface area contributed by atoms with Crippen molar-refractivity contribution in [2.75, 3.05) is 31.6 Å². The summed E-state index contributed by atoms with van der Waals surface area (Å²) in [4.78, 5) is 2.25. The van der Waals surface area contributed by atoms with Gasteiger partial charge in [-0.2, -0.15) is 0 Å². The fraction of sp³-hybridized carbons (Fsp3) is 1.00. The van der Waals surface area contributed by atoms with Crippen LogP contribution in [0.2, 0.25) is 0 Å². The molecule has 1 aliphatic rings. The van der Waals surface area contributed by atoms with Crippen LogP contribution >= 0.6 is 0 Å². The van der Waals surface area contributed by atoms with Crippen LogP contribution in [0.3, 0.4) is 0 Å². The number of nitrogens with two attached hydrogens (primary N) is 1. The average Bonchev–Trinajstić information content (AvgIpc) is 2.12. The van der Waals surface area contributed by atoms with E-state index < -0.39 is 9.84 Å². The summed E-state index contributed by atoms with van der Waals surface area (Å²) < 4.78 is 22.3. The second-order valence-corrected chi connectivity index (χ2v) is 7.51. The van der Waals surface area contributed by atoms with Crippen molar-refractivity contribution < 1.29 is 8.42 Å². The van der Waals surface area contributed by atoms with E-state index in [1.807, 2.05) is 0 Å². The van der Waals surface area contributed by atoms with Crippen molar-refractivity contribution in [1.82, 2.24) is 4.90 Å². The third-order valence-electron chi connectivity index (χ3n) is 3.44. The number of likely N-dealkylation sites (tertiary alicyclic amines) is 1. The van der Waals surface area contributed by atoms with Gasteiger partial charge in [-0.25, -0.2) is 8.42 Å². The van der Waals surface area contributed by atoms with Crippen molar-refractivity contribution in [1.29, 1.82) is 0 Å². The molecular formula is C11H24N2O2S. The Balaban J connectivity index is 2.60. The molecule has 0 amide bonds. The molecule has 0 radical (unpaired) electrons. The van der Waals surface area contributed by atoms with Gasteiger partial charge in [-0.05, 0) is 18.3 Å². The van der Waals surface area contributed by atoms with Gasteiger partial charge in [-0.15, -0.1) is 0 Å². The molecule has 5 heteroatoms. The van der Waals surface area contributed by atoms with E-state index in [-0.39, 0.29) is 5.75 Å². The van der Waals surface area contributed by atoms with E-state index in [0.29, 0.717) is 31.0 Å². The average molecular weight is 248 g/mol. The summed E-state index contributed by atoms with van der Waals surface area (Å²) in [6.45, 7) is 6.64. The molecule has 0 saturated carbocycles. The predicted molar refractivity (Wildman–Crippen MR) is 67.1 cm³/mol. The molecule has 4 nitrogen and oxygen atoms in total. The molecule has 0 aromatic carbocycles. The van der Waals surface area contributed by atoms with Crippen LogP contribution in [0.25, 0.3) is 0 Å². The maximum Gasteiger partial charge on any atom is 0.148 e. The number of rotatable bonds is 4. The van der Waals surface area contributed by atoms with Crippen molar-refractivity contribution >= 4 is 9.84 Å². The van der Waals surface area contributed by atoms with Crippen molar-refractivity contribution in [2.45, 2.75) is 26.3 Å². The third kappa shape index (κ3) is 4.03. The fourth-order valence-electron chi connectivity index (χ4n) is 2.68. The minimum absolute atomic E-state index is 0.239. The van der Waals surface area contributed by atoms with Crippen molar-refractivity contribution in [3.63, 3.8) is 0 Å². The first-order valence-corrected chi connectivity index (χ1v) is 8.01. The Kier molecular flexibility index (Phi) is 4.76. The lowest BCUT2D eigenvalue weighted by atomic mass is 9.85. The molecular weight excluding hydrogens is 224 g/mol. The molecule has 3 unspecified atom stereocenters. The molecule has 96 valence electrons. The predicted octanol–water partition coefficient (Wildman–Crippen LogP) is 0.336. The Morgan fingerprint density at radius 3 is 2.50 bits per heavy atom. The Morgan fingerprint density at radius 2 is 2.00 bits per heavy atom. The van der Waals surface area contributed by atoms with Crippen LogP contribution in [0.4, 0.5) is 0 Å². The number of hydrogen-bond acceptors (Lipinski definition) is 4. The largest absolute Gasteiger partial charge is 0.329 e. The molecule has 0 aromatic heterocycles. The van der Waals surface area contributed by atoms with E-state index >= 15 is 0 Å². The summed E-state index contributed by atoms with van der Waals surface area (Å²) in [5.41, 5.74) is 5.78.